The maximum Gasteiger partial charge on any atom is 0.460 e. The Hall–Kier alpha value is -1.89. The number of Topliss-reactive ketones (excluding diaryl/α,β-unsaturated/α-hetero) is 1. The van der Waals surface area contributed by atoms with Crippen LogP contribution in [0.25, 0.3) is 0 Å². The lowest BCUT2D eigenvalue weighted by molar-refractivity contribution is -0.175. The molecule has 1 amide bonds. The standard InChI is InChI=1S/C12H12F3NO3/c1-7(9(17)8-5-3-2-4-6-8)16-11(19)10(18)12(13,14)15/h2-7,9,17H,1H3,(H,16,19). The van der Waals surface area contributed by atoms with Gasteiger partial charge in [0.1, 0.15) is 0 Å². The molecule has 19 heavy (non-hydrogen) atoms. The molecule has 0 radical (unpaired) electrons. The Balaban J connectivity index is 2.68. The highest BCUT2D eigenvalue weighted by molar-refractivity contribution is 6.38. The fourth-order valence-electron chi connectivity index (χ4n) is 1.42. The maximum absolute atomic E-state index is 12.0. The molecule has 4 nitrogen and oxygen atoms in total. The predicted molar refractivity (Wildman–Crippen MR) is 60.1 cm³/mol. The van der Waals surface area contributed by atoms with Crippen LogP contribution in [0, 0.1) is 0 Å². The molecule has 0 aliphatic carbocycles. The van der Waals surface area contributed by atoms with Crippen molar-refractivity contribution in [2.45, 2.75) is 25.2 Å². The summed E-state index contributed by atoms with van der Waals surface area (Å²) in [6.07, 6.45) is -6.42. The van der Waals surface area contributed by atoms with E-state index in [1.165, 1.54) is 6.92 Å². The molecule has 7 heteroatoms. The second-order valence-corrected chi connectivity index (χ2v) is 3.94. The second-order valence-electron chi connectivity index (χ2n) is 3.94. The van der Waals surface area contributed by atoms with Gasteiger partial charge in [-0.25, -0.2) is 0 Å². The third-order valence-electron chi connectivity index (χ3n) is 2.44. The van der Waals surface area contributed by atoms with E-state index in [4.69, 9.17) is 0 Å². The summed E-state index contributed by atoms with van der Waals surface area (Å²) in [6.45, 7) is 1.30. The van der Waals surface area contributed by atoms with Crippen molar-refractivity contribution in [2.24, 2.45) is 0 Å². The van der Waals surface area contributed by atoms with Crippen LogP contribution in [0.5, 0.6) is 0 Å². The average molecular weight is 275 g/mol. The van der Waals surface area contributed by atoms with Gasteiger partial charge in [-0.2, -0.15) is 13.2 Å². The molecule has 0 spiro atoms. The number of alkyl halides is 3. The van der Waals surface area contributed by atoms with Crippen molar-refractivity contribution in [2.75, 3.05) is 0 Å². The highest BCUT2D eigenvalue weighted by Gasteiger charge is 2.44. The van der Waals surface area contributed by atoms with E-state index >= 15 is 0 Å². The van der Waals surface area contributed by atoms with E-state index in [0.717, 1.165) is 0 Å². The van der Waals surface area contributed by atoms with Crippen molar-refractivity contribution < 1.29 is 27.9 Å². The van der Waals surface area contributed by atoms with Gasteiger partial charge in [0, 0.05) is 0 Å². The largest absolute Gasteiger partial charge is 0.460 e. The lowest BCUT2D eigenvalue weighted by Crippen LogP contribution is -2.45. The molecule has 1 aromatic rings. The summed E-state index contributed by atoms with van der Waals surface area (Å²) in [5, 5.41) is 11.6. The lowest BCUT2D eigenvalue weighted by atomic mass is 10.0. The van der Waals surface area contributed by atoms with Gasteiger partial charge < -0.3 is 10.4 Å². The molecule has 0 aromatic heterocycles. The summed E-state index contributed by atoms with van der Waals surface area (Å²) in [5.74, 6) is -4.27. The first-order chi connectivity index (χ1) is 8.73. The first-order valence-electron chi connectivity index (χ1n) is 5.38. The Kier molecular flexibility index (Phi) is 4.66. The number of aliphatic hydroxyl groups is 1. The molecule has 0 fully saturated rings. The molecule has 0 saturated heterocycles. The number of carbonyl (C=O) groups is 2. The van der Waals surface area contributed by atoms with Gasteiger partial charge >= 0.3 is 12.0 Å². The second kappa shape index (κ2) is 5.83. The Bertz CT molecular complexity index is 459. The highest BCUT2D eigenvalue weighted by atomic mass is 19.4. The number of rotatable bonds is 4. The first kappa shape index (κ1) is 15.2. The zero-order valence-corrected chi connectivity index (χ0v) is 9.94. The summed E-state index contributed by atoms with van der Waals surface area (Å²) in [7, 11) is 0. The van der Waals surface area contributed by atoms with Crippen molar-refractivity contribution in [3.63, 3.8) is 0 Å². The molecular weight excluding hydrogens is 263 g/mol. The molecule has 1 rings (SSSR count). The molecule has 1 aromatic carbocycles. The van der Waals surface area contributed by atoms with Crippen molar-refractivity contribution in [1.29, 1.82) is 0 Å². The molecular formula is C12H12F3NO3. The van der Waals surface area contributed by atoms with Crippen LogP contribution in [-0.4, -0.2) is 29.0 Å². The Morgan fingerprint density at radius 3 is 2.21 bits per heavy atom. The monoisotopic (exact) mass is 275 g/mol. The van der Waals surface area contributed by atoms with Crippen LogP contribution >= 0.6 is 0 Å². The zero-order chi connectivity index (χ0) is 14.6. The van der Waals surface area contributed by atoms with E-state index in [9.17, 15) is 27.9 Å². The minimum absolute atomic E-state index is 0.426. The number of aliphatic hydroxyl groups excluding tert-OH is 1. The predicted octanol–water partition coefficient (Wildman–Crippen LogP) is 1.36. The van der Waals surface area contributed by atoms with Crippen molar-refractivity contribution in [1.82, 2.24) is 5.32 Å². The number of amides is 1. The van der Waals surface area contributed by atoms with Crippen molar-refractivity contribution >= 4 is 11.7 Å². The van der Waals surface area contributed by atoms with Gasteiger partial charge in [-0.15, -0.1) is 0 Å². The van der Waals surface area contributed by atoms with Gasteiger partial charge in [-0.3, -0.25) is 9.59 Å². The molecule has 2 atom stereocenters. The van der Waals surface area contributed by atoms with Crippen LogP contribution in [0.3, 0.4) is 0 Å². The van der Waals surface area contributed by atoms with E-state index < -0.39 is 30.0 Å². The number of carbonyl (C=O) groups excluding carboxylic acids is 2. The third kappa shape index (κ3) is 4.06. The van der Waals surface area contributed by atoms with E-state index in [1.54, 1.807) is 30.3 Å². The summed E-state index contributed by atoms with van der Waals surface area (Å²) in [6, 6.07) is 7.05. The zero-order valence-electron chi connectivity index (χ0n) is 9.94. The summed E-state index contributed by atoms with van der Waals surface area (Å²) in [4.78, 5) is 21.7. The smallest absolute Gasteiger partial charge is 0.386 e. The number of hydrogen-bond donors (Lipinski definition) is 2. The topological polar surface area (TPSA) is 66.4 Å². The Morgan fingerprint density at radius 2 is 1.74 bits per heavy atom. The van der Waals surface area contributed by atoms with Crippen LogP contribution in [0.4, 0.5) is 13.2 Å². The van der Waals surface area contributed by atoms with Crippen LogP contribution in [0.2, 0.25) is 0 Å². The van der Waals surface area contributed by atoms with Crippen LogP contribution in [-0.2, 0) is 9.59 Å². The number of ketones is 1. The lowest BCUT2D eigenvalue weighted by Gasteiger charge is -2.20. The van der Waals surface area contributed by atoms with Crippen LogP contribution in [0.15, 0.2) is 30.3 Å². The minimum Gasteiger partial charge on any atom is -0.386 e. The van der Waals surface area contributed by atoms with E-state index in [-0.39, 0.29) is 0 Å². The first-order valence-corrected chi connectivity index (χ1v) is 5.38. The van der Waals surface area contributed by atoms with E-state index in [1.807, 2.05) is 5.32 Å². The van der Waals surface area contributed by atoms with Crippen LogP contribution in [0.1, 0.15) is 18.6 Å². The maximum atomic E-state index is 12.0. The third-order valence-corrected chi connectivity index (χ3v) is 2.44. The summed E-state index contributed by atoms with van der Waals surface area (Å²) in [5.41, 5.74) is 0.426. The molecule has 0 saturated carbocycles. The Labute approximate surface area is 107 Å². The van der Waals surface area contributed by atoms with Gasteiger partial charge in [0.25, 0.3) is 5.91 Å². The summed E-state index contributed by atoms with van der Waals surface area (Å²) < 4.78 is 36.0. The molecule has 104 valence electrons. The molecule has 2 unspecified atom stereocenters. The summed E-state index contributed by atoms with van der Waals surface area (Å²) >= 11 is 0. The van der Waals surface area contributed by atoms with Crippen LogP contribution < -0.4 is 5.32 Å². The number of halogens is 3. The molecule has 2 N–H and O–H groups in total. The number of nitrogens with one attached hydrogen (secondary N) is 1. The quantitative estimate of drug-likeness (QED) is 0.815. The average Bonchev–Trinajstić information content (AvgIpc) is 2.36. The van der Waals surface area contributed by atoms with Gasteiger partial charge in [0.2, 0.25) is 0 Å². The number of hydrogen-bond acceptors (Lipinski definition) is 3. The fourth-order valence-corrected chi connectivity index (χ4v) is 1.42. The van der Waals surface area contributed by atoms with Crippen molar-refractivity contribution in [3.05, 3.63) is 35.9 Å². The van der Waals surface area contributed by atoms with Gasteiger partial charge in [-0.05, 0) is 12.5 Å². The van der Waals surface area contributed by atoms with Gasteiger partial charge in [0.05, 0.1) is 12.1 Å². The van der Waals surface area contributed by atoms with Gasteiger partial charge in [-0.1, -0.05) is 30.3 Å². The SMILES string of the molecule is CC(NC(=O)C(=O)C(F)(F)F)C(O)c1ccccc1. The van der Waals surface area contributed by atoms with E-state index in [0.29, 0.717) is 5.56 Å². The van der Waals surface area contributed by atoms with Crippen molar-refractivity contribution in [3.8, 4) is 0 Å². The number of benzene rings is 1. The highest BCUT2D eigenvalue weighted by Crippen LogP contribution is 2.18. The fraction of sp³-hybridized carbons (Fsp3) is 0.333. The molecule has 0 bridgehead atoms. The normalized spacial score (nSPS) is 14.6. The molecule has 0 aliphatic heterocycles. The van der Waals surface area contributed by atoms with E-state index in [2.05, 4.69) is 0 Å². The minimum atomic E-state index is -5.22. The molecule has 0 heterocycles. The Morgan fingerprint density at radius 1 is 1.21 bits per heavy atom. The molecule has 0 aliphatic rings. The van der Waals surface area contributed by atoms with Gasteiger partial charge in [0.15, 0.2) is 0 Å².